The van der Waals surface area contributed by atoms with E-state index >= 15 is 0 Å². The Morgan fingerprint density at radius 3 is 2.11 bits per heavy atom. The highest BCUT2D eigenvalue weighted by Crippen LogP contribution is 2.19. The summed E-state index contributed by atoms with van der Waals surface area (Å²) in [6.45, 7) is 6.12. The van der Waals surface area contributed by atoms with Crippen molar-refractivity contribution in [1.29, 1.82) is 0 Å². The lowest BCUT2D eigenvalue weighted by molar-refractivity contribution is -0.131. The third kappa shape index (κ3) is 4.68. The van der Waals surface area contributed by atoms with Crippen LogP contribution in [0.4, 0.5) is 15.8 Å². The maximum atomic E-state index is 13.1. The smallest absolute Gasteiger partial charge is 0.242 e. The molecule has 0 aromatic heterocycles. The summed E-state index contributed by atoms with van der Waals surface area (Å²) >= 11 is 0. The second-order valence-electron chi connectivity index (χ2n) is 6.97. The second-order valence-corrected chi connectivity index (χ2v) is 6.97. The van der Waals surface area contributed by atoms with E-state index in [0.717, 1.165) is 17.8 Å². The number of rotatable bonds is 5. The number of halogens is 1. The molecule has 0 aliphatic carbocycles. The minimum atomic E-state index is -0.256. The van der Waals surface area contributed by atoms with E-state index in [1.54, 1.807) is 17.0 Å². The quantitative estimate of drug-likeness (QED) is 0.797. The van der Waals surface area contributed by atoms with Crippen molar-refractivity contribution >= 4 is 23.2 Å². The number of benzene rings is 2. The van der Waals surface area contributed by atoms with Gasteiger partial charge in [0.25, 0.3) is 0 Å². The standard InChI is InChI=1S/C22H26FN3O2/c1-3-18-4-8-21(9-5-18)26(17(2)27)16-22(28)25-14-12-24(13-15-25)20-10-6-19(23)7-11-20/h4-11H,3,12-16H2,1-2H3. The molecule has 148 valence electrons. The third-order valence-corrected chi connectivity index (χ3v) is 5.15. The van der Waals surface area contributed by atoms with Crippen molar-refractivity contribution in [3.05, 3.63) is 59.9 Å². The second kappa shape index (κ2) is 8.87. The van der Waals surface area contributed by atoms with Crippen LogP contribution in [0, 0.1) is 5.82 Å². The van der Waals surface area contributed by atoms with Crippen LogP contribution >= 0.6 is 0 Å². The molecule has 0 radical (unpaired) electrons. The Labute approximate surface area is 165 Å². The number of carbonyl (C=O) groups is 2. The Hall–Kier alpha value is -2.89. The Bertz CT molecular complexity index is 813. The zero-order chi connectivity index (χ0) is 20.1. The number of hydrogen-bond donors (Lipinski definition) is 0. The number of amides is 2. The molecule has 1 aliphatic rings. The molecule has 2 amide bonds. The van der Waals surface area contributed by atoms with Crippen molar-refractivity contribution in [2.45, 2.75) is 20.3 Å². The van der Waals surface area contributed by atoms with Gasteiger partial charge in [-0.3, -0.25) is 9.59 Å². The van der Waals surface area contributed by atoms with E-state index in [4.69, 9.17) is 0 Å². The maximum Gasteiger partial charge on any atom is 0.242 e. The molecule has 0 saturated carbocycles. The first-order valence-corrected chi connectivity index (χ1v) is 9.63. The summed E-state index contributed by atoms with van der Waals surface area (Å²) in [5.41, 5.74) is 2.88. The summed E-state index contributed by atoms with van der Waals surface area (Å²) in [6, 6.07) is 14.1. The molecular formula is C22H26FN3O2. The first kappa shape index (κ1) is 19.9. The van der Waals surface area contributed by atoms with Crippen LogP contribution < -0.4 is 9.80 Å². The van der Waals surface area contributed by atoms with Gasteiger partial charge in [-0.15, -0.1) is 0 Å². The predicted molar refractivity (Wildman–Crippen MR) is 109 cm³/mol. The highest BCUT2D eigenvalue weighted by atomic mass is 19.1. The van der Waals surface area contributed by atoms with Crippen molar-refractivity contribution < 1.29 is 14.0 Å². The van der Waals surface area contributed by atoms with Crippen LogP contribution in [0.15, 0.2) is 48.5 Å². The average Bonchev–Trinajstić information content (AvgIpc) is 2.72. The van der Waals surface area contributed by atoms with Gasteiger partial charge >= 0.3 is 0 Å². The Balaban J connectivity index is 1.60. The fourth-order valence-electron chi connectivity index (χ4n) is 3.40. The minimum absolute atomic E-state index is 0.0390. The Kier molecular flexibility index (Phi) is 6.29. The largest absolute Gasteiger partial charge is 0.368 e. The zero-order valence-corrected chi connectivity index (χ0v) is 16.4. The number of hydrogen-bond acceptors (Lipinski definition) is 3. The van der Waals surface area contributed by atoms with Crippen LogP contribution in [-0.4, -0.2) is 49.4 Å². The fourth-order valence-corrected chi connectivity index (χ4v) is 3.40. The topological polar surface area (TPSA) is 43.9 Å². The van der Waals surface area contributed by atoms with Crippen LogP contribution in [0.2, 0.25) is 0 Å². The lowest BCUT2D eigenvalue weighted by atomic mass is 10.1. The fraction of sp³-hybridized carbons (Fsp3) is 0.364. The molecule has 1 saturated heterocycles. The van der Waals surface area contributed by atoms with E-state index in [2.05, 4.69) is 11.8 Å². The zero-order valence-electron chi connectivity index (χ0n) is 16.4. The Morgan fingerprint density at radius 2 is 1.57 bits per heavy atom. The highest BCUT2D eigenvalue weighted by molar-refractivity contribution is 5.97. The van der Waals surface area contributed by atoms with Crippen molar-refractivity contribution in [3.8, 4) is 0 Å². The van der Waals surface area contributed by atoms with Crippen molar-refractivity contribution in [2.75, 3.05) is 42.5 Å². The van der Waals surface area contributed by atoms with Crippen molar-refractivity contribution in [2.24, 2.45) is 0 Å². The molecule has 1 fully saturated rings. The summed E-state index contributed by atoms with van der Waals surface area (Å²) in [7, 11) is 0. The molecule has 0 atom stereocenters. The van der Waals surface area contributed by atoms with Crippen LogP contribution in [0.25, 0.3) is 0 Å². The molecule has 5 nitrogen and oxygen atoms in total. The number of nitrogens with zero attached hydrogens (tertiary/aromatic N) is 3. The van der Waals surface area contributed by atoms with E-state index in [9.17, 15) is 14.0 Å². The van der Waals surface area contributed by atoms with Crippen molar-refractivity contribution in [3.63, 3.8) is 0 Å². The summed E-state index contributed by atoms with van der Waals surface area (Å²) in [5.74, 6) is -0.468. The maximum absolute atomic E-state index is 13.1. The summed E-state index contributed by atoms with van der Waals surface area (Å²) in [6.07, 6.45) is 0.928. The molecule has 2 aromatic rings. The molecular weight excluding hydrogens is 357 g/mol. The minimum Gasteiger partial charge on any atom is -0.368 e. The molecule has 0 bridgehead atoms. The van der Waals surface area contributed by atoms with Gasteiger partial charge in [0.15, 0.2) is 0 Å². The summed E-state index contributed by atoms with van der Waals surface area (Å²) in [5, 5.41) is 0. The van der Waals surface area contributed by atoms with Crippen LogP contribution in [0.5, 0.6) is 0 Å². The molecule has 2 aromatic carbocycles. The van der Waals surface area contributed by atoms with Gasteiger partial charge in [-0.05, 0) is 48.4 Å². The summed E-state index contributed by atoms with van der Waals surface area (Å²) < 4.78 is 13.1. The van der Waals surface area contributed by atoms with Crippen LogP contribution in [0.3, 0.4) is 0 Å². The monoisotopic (exact) mass is 383 g/mol. The molecule has 6 heteroatoms. The third-order valence-electron chi connectivity index (χ3n) is 5.15. The van der Waals surface area contributed by atoms with Gasteiger partial charge in [-0.25, -0.2) is 4.39 Å². The summed E-state index contributed by atoms with van der Waals surface area (Å²) in [4.78, 5) is 30.3. The molecule has 0 N–H and O–H groups in total. The molecule has 0 unspecified atom stereocenters. The van der Waals surface area contributed by atoms with Crippen LogP contribution in [-0.2, 0) is 16.0 Å². The number of anilines is 2. The molecule has 1 aliphatic heterocycles. The van der Waals surface area contributed by atoms with Gasteiger partial charge in [-0.1, -0.05) is 19.1 Å². The van der Waals surface area contributed by atoms with Gasteiger partial charge in [0.2, 0.25) is 11.8 Å². The first-order chi connectivity index (χ1) is 13.5. The SMILES string of the molecule is CCc1ccc(N(CC(=O)N2CCN(c3ccc(F)cc3)CC2)C(C)=O)cc1. The molecule has 0 spiro atoms. The average molecular weight is 383 g/mol. The van der Waals surface area contributed by atoms with Gasteiger partial charge in [0, 0.05) is 44.5 Å². The van der Waals surface area contributed by atoms with E-state index in [1.165, 1.54) is 29.5 Å². The predicted octanol–water partition coefficient (Wildman–Crippen LogP) is 3.09. The van der Waals surface area contributed by atoms with E-state index in [1.807, 2.05) is 24.3 Å². The molecule has 3 rings (SSSR count). The highest BCUT2D eigenvalue weighted by Gasteiger charge is 2.24. The number of piperazine rings is 1. The van der Waals surface area contributed by atoms with Gasteiger partial charge in [0.05, 0.1) is 0 Å². The number of aryl methyl sites for hydroxylation is 1. The first-order valence-electron chi connectivity index (χ1n) is 9.63. The van der Waals surface area contributed by atoms with E-state index in [0.29, 0.717) is 26.2 Å². The molecule has 1 heterocycles. The van der Waals surface area contributed by atoms with Crippen LogP contribution in [0.1, 0.15) is 19.4 Å². The van der Waals surface area contributed by atoms with E-state index < -0.39 is 0 Å². The lowest BCUT2D eigenvalue weighted by Crippen LogP contribution is -2.51. The molecule has 28 heavy (non-hydrogen) atoms. The number of carbonyl (C=O) groups excluding carboxylic acids is 2. The van der Waals surface area contributed by atoms with E-state index in [-0.39, 0.29) is 24.2 Å². The van der Waals surface area contributed by atoms with Gasteiger partial charge in [0.1, 0.15) is 12.4 Å². The van der Waals surface area contributed by atoms with Gasteiger partial charge in [-0.2, -0.15) is 0 Å². The Morgan fingerprint density at radius 1 is 0.964 bits per heavy atom. The van der Waals surface area contributed by atoms with Gasteiger partial charge < -0.3 is 14.7 Å². The lowest BCUT2D eigenvalue weighted by Gasteiger charge is -2.37. The normalized spacial score (nSPS) is 14.1. The van der Waals surface area contributed by atoms with Crippen molar-refractivity contribution in [1.82, 2.24) is 4.90 Å².